The fourth-order valence-electron chi connectivity index (χ4n) is 5.06. The van der Waals surface area contributed by atoms with Gasteiger partial charge < -0.3 is 34.0 Å². The Morgan fingerprint density at radius 3 is 1.46 bits per heavy atom. The Morgan fingerprint density at radius 1 is 0.571 bits per heavy atom. The van der Waals surface area contributed by atoms with Gasteiger partial charge in [-0.3, -0.25) is 0 Å². The Hall–Kier alpha value is -1.66. The zero-order valence-corrected chi connectivity index (χ0v) is 19.0. The van der Waals surface area contributed by atoms with E-state index in [4.69, 9.17) is 0 Å². The van der Waals surface area contributed by atoms with E-state index in [-0.39, 0.29) is 34.0 Å². The van der Waals surface area contributed by atoms with Crippen LogP contribution >= 0.6 is 0 Å². The molecule has 2 aromatic carbocycles. The molecule has 6 rings (SSSR count). The molecule has 146 valence electrons. The number of benzene rings is 2. The van der Waals surface area contributed by atoms with Gasteiger partial charge in [-0.2, -0.15) is 0 Å². The van der Waals surface area contributed by atoms with E-state index in [1.54, 1.807) is 0 Å². The molecule has 0 amide bonds. The molecular weight excluding hydrogens is 480 g/mol. The molecule has 0 spiro atoms. The first-order valence-corrected chi connectivity index (χ1v) is 9.96. The first-order chi connectivity index (χ1) is 12.9. The predicted octanol–water partition coefficient (Wildman–Crippen LogP) is -2.57. The first kappa shape index (κ1) is 19.6. The van der Waals surface area contributed by atoms with Crippen molar-refractivity contribution < 1.29 is 43.1 Å². The summed E-state index contributed by atoms with van der Waals surface area (Å²) < 4.78 is 10.3. The molecule has 0 saturated heterocycles. The lowest BCUT2D eigenvalue weighted by Gasteiger charge is -2.12. The Kier molecular flexibility index (Phi) is 5.36. The lowest BCUT2D eigenvalue weighted by Crippen LogP contribution is -3.00. The molecule has 0 unspecified atom stereocenters. The second-order valence-electron chi connectivity index (χ2n) is 7.65. The number of nitrogens with zero attached hydrogens (tertiary/aromatic N) is 4. The van der Waals surface area contributed by atoms with Crippen molar-refractivity contribution in [3.8, 4) is 11.6 Å². The first-order valence-electron chi connectivity index (χ1n) is 9.96. The van der Waals surface area contributed by atoms with Gasteiger partial charge in [0, 0.05) is 0 Å². The minimum atomic E-state index is 0. The molecule has 0 saturated carbocycles. The quantitative estimate of drug-likeness (QED) is 0.235. The van der Waals surface area contributed by atoms with E-state index in [9.17, 15) is 0 Å². The fourth-order valence-corrected chi connectivity index (χ4v) is 5.06. The Bertz CT molecular complexity index is 980. The molecule has 0 radical (unpaired) electrons. The number of aromatic nitrogens is 4. The van der Waals surface area contributed by atoms with E-state index < -0.39 is 0 Å². The maximum Gasteiger partial charge on any atom is 0.374 e. The molecule has 6 heteroatoms. The van der Waals surface area contributed by atoms with Crippen LogP contribution in [0.5, 0.6) is 0 Å². The number of hydrogen-bond donors (Lipinski definition) is 0. The molecule has 0 atom stereocenters. The van der Waals surface area contributed by atoms with Crippen LogP contribution in [0.15, 0.2) is 48.5 Å². The van der Waals surface area contributed by atoms with Crippen molar-refractivity contribution in [3.63, 3.8) is 0 Å². The molecule has 2 aliphatic rings. The predicted molar refractivity (Wildman–Crippen MR) is 102 cm³/mol. The van der Waals surface area contributed by atoms with Gasteiger partial charge in [0.05, 0.1) is 26.2 Å². The minimum Gasteiger partial charge on any atom is -1.00 e. The highest BCUT2D eigenvalue weighted by atomic mass is 79.9. The van der Waals surface area contributed by atoms with Crippen LogP contribution in [0.25, 0.3) is 33.7 Å². The summed E-state index contributed by atoms with van der Waals surface area (Å²) >= 11 is 0. The van der Waals surface area contributed by atoms with Gasteiger partial charge in [0.15, 0.2) is 22.1 Å². The number of fused-ring (bicyclic) bond motifs is 6. The molecular formula is C22H24Br2N4. The van der Waals surface area contributed by atoms with Crippen molar-refractivity contribution in [2.75, 3.05) is 0 Å². The molecule has 0 bridgehead atoms. The molecule has 2 aromatic heterocycles. The zero-order chi connectivity index (χ0) is 17.1. The highest BCUT2D eigenvalue weighted by Gasteiger charge is 2.40. The summed E-state index contributed by atoms with van der Waals surface area (Å²) in [5.41, 5.74) is 5.54. The lowest BCUT2D eigenvalue weighted by atomic mass is 10.2. The normalized spacial score (nSPS) is 15.6. The number of para-hydroxylation sites is 4. The monoisotopic (exact) mass is 502 g/mol. The molecule has 0 aliphatic carbocycles. The fraction of sp³-hybridized carbons (Fsp3) is 0.364. The van der Waals surface area contributed by atoms with E-state index >= 15 is 0 Å². The zero-order valence-electron chi connectivity index (χ0n) is 15.8. The van der Waals surface area contributed by atoms with E-state index in [1.165, 1.54) is 59.4 Å². The van der Waals surface area contributed by atoms with E-state index in [0.717, 1.165) is 26.2 Å². The van der Waals surface area contributed by atoms with Gasteiger partial charge in [-0.05, 0) is 49.9 Å². The average Bonchev–Trinajstić information content (AvgIpc) is 3.09. The van der Waals surface area contributed by atoms with E-state index in [0.29, 0.717) is 0 Å². The Labute approximate surface area is 185 Å². The number of halogens is 2. The SMILES string of the molecule is [Br-].[Br-].c1ccc2c(c1)n1c3[n+]2CCCCn2c-3[n+](c3ccccc32)CCCC1. The smallest absolute Gasteiger partial charge is 0.374 e. The molecule has 4 nitrogen and oxygen atoms in total. The van der Waals surface area contributed by atoms with Crippen molar-refractivity contribution >= 4 is 22.1 Å². The lowest BCUT2D eigenvalue weighted by molar-refractivity contribution is -0.693. The third kappa shape index (κ3) is 2.68. The third-order valence-corrected chi connectivity index (χ3v) is 6.18. The van der Waals surface area contributed by atoms with Crippen molar-refractivity contribution in [1.29, 1.82) is 0 Å². The van der Waals surface area contributed by atoms with Crippen LogP contribution in [0.2, 0.25) is 0 Å². The van der Waals surface area contributed by atoms with Gasteiger partial charge in [0.25, 0.3) is 0 Å². The van der Waals surface area contributed by atoms with Crippen molar-refractivity contribution in [3.05, 3.63) is 48.5 Å². The summed E-state index contributed by atoms with van der Waals surface area (Å²) in [7, 11) is 0. The molecule has 28 heavy (non-hydrogen) atoms. The van der Waals surface area contributed by atoms with E-state index in [1.807, 2.05) is 0 Å². The average molecular weight is 504 g/mol. The second kappa shape index (κ2) is 7.64. The third-order valence-electron chi connectivity index (χ3n) is 6.18. The van der Waals surface area contributed by atoms with Crippen LogP contribution in [0.4, 0.5) is 0 Å². The van der Waals surface area contributed by atoms with Crippen molar-refractivity contribution in [2.45, 2.75) is 51.9 Å². The second-order valence-corrected chi connectivity index (χ2v) is 7.65. The van der Waals surface area contributed by atoms with Gasteiger partial charge in [0.2, 0.25) is 0 Å². The standard InChI is InChI=1S/C22H24N4.2BrH/c1-2-10-18-17(9-1)23-13-5-6-15-25-19-11-3-4-12-20(19)26-16-8-7-14-24(18)21(23)22(25)26;;/h1-4,9-12H,5-8,13-16H2;2*1H/q+2;;/p-2. The Morgan fingerprint density at radius 2 is 1.00 bits per heavy atom. The number of imidazole rings is 2. The highest BCUT2D eigenvalue weighted by Crippen LogP contribution is 2.29. The van der Waals surface area contributed by atoms with Gasteiger partial charge in [0.1, 0.15) is 0 Å². The molecule has 4 heterocycles. The summed E-state index contributed by atoms with van der Waals surface area (Å²) in [6.45, 7) is 4.46. The maximum atomic E-state index is 2.58. The van der Waals surface area contributed by atoms with Gasteiger partial charge >= 0.3 is 11.6 Å². The minimum absolute atomic E-state index is 0. The molecule has 4 aromatic rings. The summed E-state index contributed by atoms with van der Waals surface area (Å²) in [6, 6.07) is 17.9. The number of hydrogen-bond acceptors (Lipinski definition) is 0. The summed E-state index contributed by atoms with van der Waals surface area (Å²) in [5.74, 6) is 2.81. The molecule has 2 aliphatic heterocycles. The topological polar surface area (TPSA) is 17.6 Å². The van der Waals surface area contributed by atoms with Crippen molar-refractivity contribution in [2.24, 2.45) is 0 Å². The molecule has 0 N–H and O–H groups in total. The van der Waals surface area contributed by atoms with Gasteiger partial charge in [-0.15, -0.1) is 0 Å². The number of rotatable bonds is 0. The van der Waals surface area contributed by atoms with E-state index in [2.05, 4.69) is 66.8 Å². The van der Waals surface area contributed by atoms with Crippen molar-refractivity contribution in [1.82, 2.24) is 9.13 Å². The summed E-state index contributed by atoms with van der Waals surface area (Å²) in [4.78, 5) is 0. The number of aryl methyl sites for hydroxylation is 4. The highest BCUT2D eigenvalue weighted by molar-refractivity contribution is 5.78. The summed E-state index contributed by atoms with van der Waals surface area (Å²) in [6.07, 6.45) is 4.94. The van der Waals surface area contributed by atoms with Crippen LogP contribution in [-0.4, -0.2) is 9.13 Å². The van der Waals surface area contributed by atoms with Crippen LogP contribution in [-0.2, 0) is 26.2 Å². The van der Waals surface area contributed by atoms with Gasteiger partial charge in [-0.25, -0.2) is 18.3 Å². The summed E-state index contributed by atoms with van der Waals surface area (Å²) in [5, 5.41) is 0. The van der Waals surface area contributed by atoms with Crippen LogP contribution < -0.4 is 43.1 Å². The van der Waals surface area contributed by atoms with Crippen LogP contribution in [0.3, 0.4) is 0 Å². The molecule has 0 fully saturated rings. The maximum absolute atomic E-state index is 2.58. The van der Waals surface area contributed by atoms with Crippen LogP contribution in [0.1, 0.15) is 25.7 Å². The van der Waals surface area contributed by atoms with Crippen LogP contribution in [0, 0.1) is 0 Å². The Balaban J connectivity index is 0.000000961. The largest absolute Gasteiger partial charge is 1.00 e. The van der Waals surface area contributed by atoms with Gasteiger partial charge in [-0.1, -0.05) is 24.3 Å².